The number of phenols is 1. The van der Waals surface area contributed by atoms with Gasteiger partial charge in [-0.25, -0.2) is 0 Å². The summed E-state index contributed by atoms with van der Waals surface area (Å²) in [5.74, 6) is 0.0561. The van der Waals surface area contributed by atoms with Gasteiger partial charge >= 0.3 is 0 Å². The molecule has 4 N–H and O–H groups in total. The molecule has 1 amide bonds. The lowest BCUT2D eigenvalue weighted by atomic mass is 10.0. The largest absolute Gasteiger partial charge is 0.505 e. The Hall–Kier alpha value is -5.16. The van der Waals surface area contributed by atoms with Gasteiger partial charge in [0, 0.05) is 36.2 Å². The number of amides is 1. The van der Waals surface area contributed by atoms with E-state index in [4.69, 9.17) is 15.7 Å². The molecule has 0 unspecified atom stereocenters. The Morgan fingerprint density at radius 2 is 1.79 bits per heavy atom. The minimum absolute atomic E-state index is 0.136. The van der Waals surface area contributed by atoms with Crippen molar-refractivity contribution < 1.29 is 14.6 Å². The first-order valence-electron chi connectivity index (χ1n) is 13.6. The molecule has 0 aliphatic heterocycles. The number of carbonyl (C=O) groups excluding carboxylic acids is 1. The zero-order chi connectivity index (χ0) is 31.3. The molecule has 42 heavy (non-hydrogen) atoms. The molecule has 0 atom stereocenters. The summed E-state index contributed by atoms with van der Waals surface area (Å²) in [6, 6.07) is 17.9. The second-order valence-electron chi connectivity index (χ2n) is 8.71. The van der Waals surface area contributed by atoms with Gasteiger partial charge in [0.2, 0.25) is 0 Å². The number of nitrogen functional groups attached to an aromatic ring is 1. The van der Waals surface area contributed by atoms with Gasteiger partial charge in [-0.05, 0) is 68.5 Å². The first-order chi connectivity index (χ1) is 20.3. The molecule has 0 spiro atoms. The van der Waals surface area contributed by atoms with Crippen LogP contribution in [0.15, 0.2) is 100 Å². The fourth-order valence-corrected chi connectivity index (χ4v) is 3.49. The van der Waals surface area contributed by atoms with E-state index in [2.05, 4.69) is 28.3 Å². The van der Waals surface area contributed by atoms with E-state index in [1.54, 1.807) is 56.8 Å². The molecule has 220 valence electrons. The predicted octanol–water partition coefficient (Wildman–Crippen LogP) is 7.88. The van der Waals surface area contributed by atoms with Crippen LogP contribution in [0.25, 0.3) is 10.8 Å². The van der Waals surface area contributed by atoms with Crippen molar-refractivity contribution in [1.82, 2.24) is 0 Å². The Morgan fingerprint density at radius 3 is 2.36 bits per heavy atom. The van der Waals surface area contributed by atoms with Crippen LogP contribution in [0.5, 0.6) is 11.5 Å². The highest BCUT2D eigenvalue weighted by molar-refractivity contribution is 6.11. The number of nitrogens with two attached hydrogens (primary N) is 1. The van der Waals surface area contributed by atoms with Crippen molar-refractivity contribution in [3.05, 3.63) is 95.7 Å². The van der Waals surface area contributed by atoms with E-state index in [0.717, 1.165) is 23.9 Å². The summed E-state index contributed by atoms with van der Waals surface area (Å²) in [6.07, 6.45) is 13.1. The lowest BCUT2D eigenvalue weighted by molar-refractivity contribution is 0.102. The Kier molecular flexibility index (Phi) is 16.5. The zero-order valence-corrected chi connectivity index (χ0v) is 25.3. The third-order valence-corrected chi connectivity index (χ3v) is 5.53. The average molecular weight is 568 g/mol. The molecule has 8 heteroatoms. The Bertz CT molecular complexity index is 1480. The van der Waals surface area contributed by atoms with Gasteiger partial charge < -0.3 is 20.9 Å². The van der Waals surface area contributed by atoms with Gasteiger partial charge in [0.05, 0.1) is 23.9 Å². The van der Waals surface area contributed by atoms with E-state index < -0.39 is 5.91 Å². The van der Waals surface area contributed by atoms with Gasteiger partial charge in [-0.3, -0.25) is 14.8 Å². The van der Waals surface area contributed by atoms with Gasteiger partial charge in [0.25, 0.3) is 5.91 Å². The number of fused-ring (bicyclic) bond motifs is 1. The number of aliphatic imine (C=N–C) groups is 2. The number of hydrogen-bond donors (Lipinski definition) is 3. The number of phenolic OH excluding ortho intramolecular Hbond substituents is 1. The molecular formula is C34H41N5O3. The number of rotatable bonds is 8. The van der Waals surface area contributed by atoms with Crippen LogP contribution in [-0.2, 0) is 0 Å². The Labute approximate surface area is 249 Å². The predicted molar refractivity (Wildman–Crippen MR) is 177 cm³/mol. The first-order valence-corrected chi connectivity index (χ1v) is 13.6. The number of nitrogens with zero attached hydrogens (tertiary/aromatic N) is 3. The summed E-state index contributed by atoms with van der Waals surface area (Å²) in [5.41, 5.74) is 8.60. The molecule has 0 saturated carbocycles. The van der Waals surface area contributed by atoms with Crippen LogP contribution < -0.4 is 15.8 Å². The van der Waals surface area contributed by atoms with E-state index >= 15 is 0 Å². The van der Waals surface area contributed by atoms with Crippen molar-refractivity contribution in [2.24, 2.45) is 9.98 Å². The number of carbonyl (C=O) groups is 1. The maximum atomic E-state index is 12.4. The number of benzene rings is 3. The highest BCUT2D eigenvalue weighted by Gasteiger charge is 2.16. The van der Waals surface area contributed by atoms with Crippen molar-refractivity contribution in [1.29, 1.82) is 5.26 Å². The third kappa shape index (κ3) is 11.9. The van der Waals surface area contributed by atoms with Crippen LogP contribution in [0.1, 0.15) is 50.9 Å². The molecule has 0 fully saturated rings. The maximum Gasteiger partial charge on any atom is 0.259 e. The molecule has 3 aromatic carbocycles. The number of nitriles is 1. The van der Waals surface area contributed by atoms with Crippen LogP contribution in [0, 0.1) is 11.3 Å². The van der Waals surface area contributed by atoms with Crippen molar-refractivity contribution >= 4 is 40.5 Å². The highest BCUT2D eigenvalue weighted by atomic mass is 16.5. The molecule has 0 heterocycles. The van der Waals surface area contributed by atoms with E-state index in [1.807, 2.05) is 69.5 Å². The van der Waals surface area contributed by atoms with E-state index in [9.17, 15) is 9.90 Å². The second kappa shape index (κ2) is 19.8. The molecule has 0 aliphatic carbocycles. The SMILES string of the molecule is CC/C=C(/C#N)C=NC.COc1ccc(NC(=O)c2cc3ccccc3c(N)c2O)cc1.C\C=C/C=N/C(C)=C/CC. The molecule has 8 nitrogen and oxygen atoms in total. The molecule has 0 bridgehead atoms. The molecular weight excluding hydrogens is 526 g/mol. The van der Waals surface area contributed by atoms with Crippen LogP contribution in [0.3, 0.4) is 0 Å². The topological polar surface area (TPSA) is 133 Å². The van der Waals surface area contributed by atoms with Crippen LogP contribution >= 0.6 is 0 Å². The lowest BCUT2D eigenvalue weighted by Gasteiger charge is -2.11. The fourth-order valence-electron chi connectivity index (χ4n) is 3.49. The van der Waals surface area contributed by atoms with Crippen molar-refractivity contribution in [3.8, 4) is 17.6 Å². The van der Waals surface area contributed by atoms with Gasteiger partial charge in [0.15, 0.2) is 5.75 Å². The summed E-state index contributed by atoms with van der Waals surface area (Å²) < 4.78 is 5.07. The molecule has 3 rings (SSSR count). The number of ether oxygens (including phenoxy) is 1. The monoisotopic (exact) mass is 567 g/mol. The van der Waals surface area contributed by atoms with Crippen molar-refractivity contribution in [2.75, 3.05) is 25.2 Å². The molecule has 0 saturated heterocycles. The van der Waals surface area contributed by atoms with Crippen molar-refractivity contribution in [2.45, 2.75) is 40.5 Å². The molecule has 0 radical (unpaired) electrons. The number of aromatic hydroxyl groups is 1. The number of allylic oxidation sites excluding steroid dienone is 6. The number of methoxy groups -OCH3 is 1. The van der Waals surface area contributed by atoms with Gasteiger partial charge in [-0.1, -0.05) is 56.3 Å². The number of hydrogen-bond acceptors (Lipinski definition) is 7. The maximum absolute atomic E-state index is 12.4. The normalized spacial score (nSPS) is 11.5. The van der Waals surface area contributed by atoms with Crippen molar-refractivity contribution in [3.63, 3.8) is 0 Å². The van der Waals surface area contributed by atoms with Crippen LogP contribution in [0.4, 0.5) is 11.4 Å². The van der Waals surface area contributed by atoms with Gasteiger partial charge in [-0.15, -0.1) is 0 Å². The number of nitrogens with one attached hydrogen (secondary N) is 1. The second-order valence-corrected chi connectivity index (χ2v) is 8.71. The fraction of sp³-hybridized carbons (Fsp3) is 0.235. The summed E-state index contributed by atoms with van der Waals surface area (Å²) in [6.45, 7) is 8.07. The zero-order valence-electron chi connectivity index (χ0n) is 25.3. The van der Waals surface area contributed by atoms with Gasteiger partial charge in [-0.2, -0.15) is 5.26 Å². The average Bonchev–Trinajstić information content (AvgIpc) is 3.00. The van der Waals surface area contributed by atoms with Crippen LogP contribution in [0.2, 0.25) is 0 Å². The summed E-state index contributed by atoms with van der Waals surface area (Å²) in [4.78, 5) is 20.3. The summed E-state index contributed by atoms with van der Waals surface area (Å²) in [5, 5.41) is 22.8. The summed E-state index contributed by atoms with van der Waals surface area (Å²) >= 11 is 0. The third-order valence-electron chi connectivity index (χ3n) is 5.53. The number of anilines is 2. The standard InChI is InChI=1S/C18H16N2O3.C9H15N.C7H10N2/c1-23-13-8-6-12(7-9-13)20-18(22)15-10-11-4-2-3-5-14(11)16(19)17(15)21;1-4-6-8-10-9(3)7-5-2;1-3-4-7(5-8)6-9-2/h2-10,21H,19H2,1H3,(H,20,22);4,6-8H,5H2,1-3H3;4,6H,3H2,1-2H3/b;6-4-,9-7+,10-8+;7-4-,9-6?. The van der Waals surface area contributed by atoms with E-state index in [0.29, 0.717) is 22.4 Å². The van der Waals surface area contributed by atoms with Gasteiger partial charge in [0.1, 0.15) is 11.8 Å². The minimum atomic E-state index is -0.426. The van der Waals surface area contributed by atoms with E-state index in [1.165, 1.54) is 0 Å². The Morgan fingerprint density at radius 1 is 1.12 bits per heavy atom. The molecule has 3 aromatic rings. The summed E-state index contributed by atoms with van der Waals surface area (Å²) in [7, 11) is 3.23. The minimum Gasteiger partial charge on any atom is -0.505 e. The molecule has 0 aromatic heterocycles. The van der Waals surface area contributed by atoms with Crippen LogP contribution in [-0.4, -0.2) is 37.6 Å². The highest BCUT2D eigenvalue weighted by Crippen LogP contribution is 2.34. The Balaban J connectivity index is 0.000000386. The lowest BCUT2D eigenvalue weighted by Crippen LogP contribution is -2.12. The first kappa shape index (κ1) is 34.9. The van der Waals surface area contributed by atoms with E-state index in [-0.39, 0.29) is 17.0 Å². The quantitative estimate of drug-likeness (QED) is 0.110. The smallest absolute Gasteiger partial charge is 0.259 e. The molecule has 0 aliphatic rings.